The molecule has 0 aliphatic heterocycles. The molecule has 1 heterocycles. The highest BCUT2D eigenvalue weighted by Gasteiger charge is 2.33. The van der Waals surface area contributed by atoms with E-state index < -0.39 is 0 Å². The third-order valence-electron chi connectivity index (χ3n) is 3.78. The summed E-state index contributed by atoms with van der Waals surface area (Å²) in [6, 6.07) is 0. The molecule has 1 atom stereocenters. The Bertz CT molecular complexity index is 443. The Labute approximate surface area is 102 Å². The van der Waals surface area contributed by atoms with E-state index in [-0.39, 0.29) is 6.10 Å². The summed E-state index contributed by atoms with van der Waals surface area (Å²) in [4.78, 5) is 0. The fraction of sp³-hybridized carbons (Fsp3) is 0.643. The number of nitrogens with zero attached hydrogens (tertiary/aromatic N) is 1. The quantitative estimate of drug-likeness (QED) is 0.872. The fourth-order valence-electron chi connectivity index (χ4n) is 2.59. The predicted molar refractivity (Wildman–Crippen MR) is 65.7 cm³/mol. The topological polar surface area (TPSA) is 46.3 Å². The Morgan fingerprint density at radius 2 is 2.24 bits per heavy atom. The Morgan fingerprint density at radius 3 is 2.82 bits per heavy atom. The van der Waals surface area contributed by atoms with Gasteiger partial charge in [0.1, 0.15) is 5.76 Å². The van der Waals surface area contributed by atoms with Gasteiger partial charge in [-0.25, -0.2) is 0 Å². The standard InChI is InChI=1S/C14H19NO2/c1-2-12-13(9-5-7-11(16)8-6-9)14(17-15-12)10-3-4-10/h5,10-11,16H,2-4,6-8H2,1H3. The molecule has 1 saturated carbocycles. The first kappa shape index (κ1) is 11.0. The lowest BCUT2D eigenvalue weighted by atomic mass is 9.89. The van der Waals surface area contributed by atoms with Gasteiger partial charge in [-0.1, -0.05) is 18.2 Å². The molecule has 92 valence electrons. The van der Waals surface area contributed by atoms with Crippen LogP contribution in [0.3, 0.4) is 0 Å². The smallest absolute Gasteiger partial charge is 0.147 e. The summed E-state index contributed by atoms with van der Waals surface area (Å²) in [6.07, 6.45) is 8.00. The molecule has 3 heteroatoms. The van der Waals surface area contributed by atoms with Gasteiger partial charge in [-0.3, -0.25) is 0 Å². The molecule has 2 aliphatic rings. The summed E-state index contributed by atoms with van der Waals surface area (Å²) in [5.41, 5.74) is 3.70. The van der Waals surface area contributed by atoms with E-state index >= 15 is 0 Å². The van der Waals surface area contributed by atoms with Gasteiger partial charge in [-0.05, 0) is 44.1 Å². The van der Waals surface area contributed by atoms with Crippen molar-refractivity contribution < 1.29 is 9.63 Å². The molecular formula is C14H19NO2. The van der Waals surface area contributed by atoms with E-state index in [4.69, 9.17) is 4.52 Å². The zero-order valence-electron chi connectivity index (χ0n) is 10.3. The first-order valence-corrected chi connectivity index (χ1v) is 6.65. The van der Waals surface area contributed by atoms with E-state index in [0.717, 1.165) is 37.1 Å². The molecule has 0 amide bonds. The summed E-state index contributed by atoms with van der Waals surface area (Å²) in [7, 11) is 0. The van der Waals surface area contributed by atoms with E-state index in [9.17, 15) is 5.11 Å². The van der Waals surface area contributed by atoms with Crippen molar-refractivity contribution in [1.82, 2.24) is 5.16 Å². The van der Waals surface area contributed by atoms with Crippen LogP contribution in [0.5, 0.6) is 0 Å². The van der Waals surface area contributed by atoms with E-state index in [1.165, 1.54) is 24.0 Å². The maximum absolute atomic E-state index is 9.56. The Kier molecular flexibility index (Phi) is 2.79. The number of aromatic nitrogens is 1. The van der Waals surface area contributed by atoms with Gasteiger partial charge in [0.2, 0.25) is 0 Å². The molecule has 0 spiro atoms. The minimum Gasteiger partial charge on any atom is -0.393 e. The molecule has 3 rings (SSSR count). The summed E-state index contributed by atoms with van der Waals surface area (Å²) in [6.45, 7) is 2.12. The second kappa shape index (κ2) is 4.30. The number of aryl methyl sites for hydroxylation is 1. The van der Waals surface area contributed by atoms with Crippen LogP contribution < -0.4 is 0 Å². The average Bonchev–Trinajstić information content (AvgIpc) is 3.10. The van der Waals surface area contributed by atoms with Crippen LogP contribution in [0, 0.1) is 0 Å². The molecule has 1 aromatic rings. The molecule has 0 bridgehead atoms. The van der Waals surface area contributed by atoms with Gasteiger partial charge >= 0.3 is 0 Å². The van der Waals surface area contributed by atoms with Gasteiger partial charge in [-0.15, -0.1) is 0 Å². The molecule has 0 saturated heterocycles. The van der Waals surface area contributed by atoms with Crippen molar-refractivity contribution in [2.24, 2.45) is 0 Å². The molecule has 1 unspecified atom stereocenters. The van der Waals surface area contributed by atoms with Crippen molar-refractivity contribution in [2.75, 3.05) is 0 Å². The molecule has 2 aliphatic carbocycles. The van der Waals surface area contributed by atoms with Crippen LogP contribution in [0.2, 0.25) is 0 Å². The third kappa shape index (κ3) is 2.04. The highest BCUT2D eigenvalue weighted by Crippen LogP contribution is 2.45. The second-order valence-corrected chi connectivity index (χ2v) is 5.15. The van der Waals surface area contributed by atoms with Crippen LogP contribution in [0.15, 0.2) is 10.6 Å². The summed E-state index contributed by atoms with van der Waals surface area (Å²) < 4.78 is 5.54. The zero-order valence-corrected chi connectivity index (χ0v) is 10.3. The van der Waals surface area contributed by atoms with Crippen molar-refractivity contribution in [3.63, 3.8) is 0 Å². The fourth-order valence-corrected chi connectivity index (χ4v) is 2.59. The highest BCUT2D eigenvalue weighted by atomic mass is 16.5. The molecule has 0 aromatic carbocycles. The van der Waals surface area contributed by atoms with Crippen LogP contribution in [-0.4, -0.2) is 16.4 Å². The van der Waals surface area contributed by atoms with Gasteiger partial charge in [-0.2, -0.15) is 0 Å². The Hall–Kier alpha value is -1.09. The molecular weight excluding hydrogens is 214 g/mol. The number of allylic oxidation sites excluding steroid dienone is 1. The summed E-state index contributed by atoms with van der Waals surface area (Å²) >= 11 is 0. The Balaban J connectivity index is 1.97. The lowest BCUT2D eigenvalue weighted by Gasteiger charge is -2.17. The van der Waals surface area contributed by atoms with Gasteiger partial charge in [0.05, 0.1) is 11.8 Å². The maximum Gasteiger partial charge on any atom is 0.147 e. The first-order chi connectivity index (χ1) is 8.29. The first-order valence-electron chi connectivity index (χ1n) is 6.65. The molecule has 0 radical (unpaired) electrons. The number of hydrogen-bond donors (Lipinski definition) is 1. The number of aliphatic hydroxyl groups excluding tert-OH is 1. The van der Waals surface area contributed by atoms with E-state index in [2.05, 4.69) is 18.2 Å². The van der Waals surface area contributed by atoms with Crippen LogP contribution in [0.25, 0.3) is 5.57 Å². The molecule has 1 fully saturated rings. The minimum atomic E-state index is -0.159. The van der Waals surface area contributed by atoms with Crippen LogP contribution in [0.4, 0.5) is 0 Å². The van der Waals surface area contributed by atoms with Crippen LogP contribution in [0.1, 0.15) is 62.0 Å². The number of rotatable bonds is 3. The van der Waals surface area contributed by atoms with E-state index in [1.807, 2.05) is 0 Å². The van der Waals surface area contributed by atoms with Crippen molar-refractivity contribution in [2.45, 2.75) is 57.5 Å². The van der Waals surface area contributed by atoms with Crippen LogP contribution in [-0.2, 0) is 6.42 Å². The maximum atomic E-state index is 9.56. The van der Waals surface area contributed by atoms with Gasteiger partial charge in [0, 0.05) is 11.5 Å². The zero-order chi connectivity index (χ0) is 11.8. The molecule has 1 aromatic heterocycles. The van der Waals surface area contributed by atoms with Crippen molar-refractivity contribution in [3.05, 3.63) is 23.1 Å². The average molecular weight is 233 g/mol. The van der Waals surface area contributed by atoms with Crippen molar-refractivity contribution in [3.8, 4) is 0 Å². The van der Waals surface area contributed by atoms with Gasteiger partial charge < -0.3 is 9.63 Å². The summed E-state index contributed by atoms with van der Waals surface area (Å²) in [5.74, 6) is 1.70. The lowest BCUT2D eigenvalue weighted by molar-refractivity contribution is 0.166. The normalized spacial score (nSPS) is 24.8. The number of aliphatic hydroxyl groups is 1. The van der Waals surface area contributed by atoms with Crippen molar-refractivity contribution >= 4 is 5.57 Å². The van der Waals surface area contributed by atoms with Crippen molar-refractivity contribution in [1.29, 1.82) is 0 Å². The van der Waals surface area contributed by atoms with Gasteiger partial charge in [0.15, 0.2) is 0 Å². The number of hydrogen-bond acceptors (Lipinski definition) is 3. The third-order valence-corrected chi connectivity index (χ3v) is 3.78. The SMILES string of the molecule is CCc1noc(C2CC2)c1C1=CCC(O)CC1. The molecule has 17 heavy (non-hydrogen) atoms. The Morgan fingerprint density at radius 1 is 1.41 bits per heavy atom. The van der Waals surface area contributed by atoms with Gasteiger partial charge in [0.25, 0.3) is 0 Å². The lowest BCUT2D eigenvalue weighted by Crippen LogP contribution is -2.10. The second-order valence-electron chi connectivity index (χ2n) is 5.15. The predicted octanol–water partition coefficient (Wildman–Crippen LogP) is 3.04. The molecule has 3 nitrogen and oxygen atoms in total. The minimum absolute atomic E-state index is 0.159. The summed E-state index contributed by atoms with van der Waals surface area (Å²) in [5, 5.41) is 13.8. The van der Waals surface area contributed by atoms with E-state index in [0.29, 0.717) is 5.92 Å². The monoisotopic (exact) mass is 233 g/mol. The van der Waals surface area contributed by atoms with E-state index in [1.54, 1.807) is 0 Å². The largest absolute Gasteiger partial charge is 0.393 e. The van der Waals surface area contributed by atoms with Crippen LogP contribution >= 0.6 is 0 Å². The molecule has 1 N–H and O–H groups in total. The highest BCUT2D eigenvalue weighted by molar-refractivity contribution is 5.70.